The third-order valence-electron chi connectivity index (χ3n) is 3.54. The Balaban J connectivity index is 2.02. The summed E-state index contributed by atoms with van der Waals surface area (Å²) in [4.78, 5) is 13.8. The van der Waals surface area contributed by atoms with Gasteiger partial charge in [-0.15, -0.1) is 0 Å². The van der Waals surface area contributed by atoms with Gasteiger partial charge in [0.2, 0.25) is 5.91 Å². The molecule has 0 saturated carbocycles. The Bertz CT molecular complexity index is 615. The van der Waals surface area contributed by atoms with E-state index in [4.69, 9.17) is 4.74 Å². The van der Waals surface area contributed by atoms with Crippen LogP contribution in [0, 0.1) is 0 Å². The Morgan fingerprint density at radius 2 is 2.24 bits per heavy atom. The number of sulfone groups is 1. The molecule has 1 fully saturated rings. The lowest BCUT2D eigenvalue weighted by molar-refractivity contribution is -0.118. The zero-order valence-electron chi connectivity index (χ0n) is 12.2. The minimum atomic E-state index is -3.03. The topological polar surface area (TPSA) is 75.7 Å². The molecular weight excluding hydrogens is 292 g/mol. The molecular formula is C14H20N2O4S. The summed E-state index contributed by atoms with van der Waals surface area (Å²) in [6.07, 6.45) is 0.160. The van der Waals surface area contributed by atoms with Crippen molar-refractivity contribution in [2.75, 3.05) is 37.1 Å². The highest BCUT2D eigenvalue weighted by Crippen LogP contribution is 2.21. The fourth-order valence-electron chi connectivity index (χ4n) is 2.31. The van der Waals surface area contributed by atoms with Crippen LogP contribution in [0.3, 0.4) is 0 Å². The molecule has 1 aromatic rings. The van der Waals surface area contributed by atoms with E-state index in [9.17, 15) is 13.2 Å². The maximum absolute atomic E-state index is 12.3. The number of benzene rings is 1. The predicted octanol–water partition coefficient (Wildman–Crippen LogP) is 0.435. The minimum absolute atomic E-state index is 0.0185. The molecule has 1 atom stereocenters. The molecule has 21 heavy (non-hydrogen) atoms. The molecule has 1 amide bonds. The van der Waals surface area contributed by atoms with E-state index in [2.05, 4.69) is 5.32 Å². The average Bonchev–Trinajstić information content (AvgIpc) is 2.45. The summed E-state index contributed by atoms with van der Waals surface area (Å²) in [6.45, 7) is 0.406. The van der Waals surface area contributed by atoms with E-state index in [0.29, 0.717) is 12.3 Å². The van der Waals surface area contributed by atoms with E-state index in [0.717, 1.165) is 5.69 Å². The predicted molar refractivity (Wildman–Crippen MR) is 81.5 cm³/mol. The largest absolute Gasteiger partial charge is 0.497 e. The van der Waals surface area contributed by atoms with Crippen LogP contribution in [0.25, 0.3) is 0 Å². The van der Waals surface area contributed by atoms with Gasteiger partial charge >= 0.3 is 0 Å². The number of methoxy groups -OCH3 is 1. The highest BCUT2D eigenvalue weighted by molar-refractivity contribution is 7.91. The quantitative estimate of drug-likeness (QED) is 0.873. The van der Waals surface area contributed by atoms with Crippen LogP contribution in [0.2, 0.25) is 0 Å². The van der Waals surface area contributed by atoms with Crippen molar-refractivity contribution in [1.29, 1.82) is 0 Å². The normalized spacial score (nSPS) is 20.8. The van der Waals surface area contributed by atoms with Crippen molar-refractivity contribution in [3.05, 3.63) is 24.3 Å². The van der Waals surface area contributed by atoms with Crippen LogP contribution in [0.1, 0.15) is 6.42 Å². The average molecular weight is 312 g/mol. The van der Waals surface area contributed by atoms with Gasteiger partial charge in [0.05, 0.1) is 18.6 Å². The number of hydrogen-bond acceptors (Lipinski definition) is 5. The second-order valence-electron chi connectivity index (χ2n) is 5.12. The highest BCUT2D eigenvalue weighted by atomic mass is 32.2. The number of carbonyl (C=O) groups is 1. The molecule has 6 nitrogen and oxygen atoms in total. The fourth-order valence-corrected chi connectivity index (χ4v) is 3.75. The number of amides is 1. The Labute approximate surface area is 125 Å². The van der Waals surface area contributed by atoms with E-state index in [-0.39, 0.29) is 29.9 Å². The number of hydrogen-bond donors (Lipinski definition) is 1. The standard InChI is InChI=1S/C14H20N2O4S/c1-16(12-4-3-5-13(9-12)20-2)14(17)8-11-10-21(18,19)7-6-15-11/h3-5,9,11,15H,6-8,10H2,1-2H3. The highest BCUT2D eigenvalue weighted by Gasteiger charge is 2.27. The first kappa shape index (κ1) is 15.8. The summed E-state index contributed by atoms with van der Waals surface area (Å²) >= 11 is 0. The smallest absolute Gasteiger partial charge is 0.228 e. The first-order chi connectivity index (χ1) is 9.91. The lowest BCUT2D eigenvalue weighted by atomic mass is 10.2. The summed E-state index contributed by atoms with van der Waals surface area (Å²) < 4.78 is 28.3. The number of ether oxygens (including phenoxy) is 1. The second-order valence-corrected chi connectivity index (χ2v) is 7.35. The number of rotatable bonds is 4. The van der Waals surface area contributed by atoms with Crippen molar-refractivity contribution in [3.8, 4) is 5.75 Å². The van der Waals surface area contributed by atoms with E-state index in [1.165, 1.54) is 4.90 Å². The van der Waals surface area contributed by atoms with Crippen molar-refractivity contribution in [2.24, 2.45) is 0 Å². The Morgan fingerprint density at radius 3 is 2.90 bits per heavy atom. The summed E-state index contributed by atoms with van der Waals surface area (Å²) in [5.41, 5.74) is 0.720. The third kappa shape index (κ3) is 4.18. The van der Waals surface area contributed by atoms with Crippen LogP contribution in [0.4, 0.5) is 5.69 Å². The van der Waals surface area contributed by atoms with Gasteiger partial charge in [-0.05, 0) is 12.1 Å². The third-order valence-corrected chi connectivity index (χ3v) is 5.27. The maximum atomic E-state index is 12.3. The van der Waals surface area contributed by atoms with Crippen molar-refractivity contribution >= 4 is 21.4 Å². The van der Waals surface area contributed by atoms with Gasteiger partial charge < -0.3 is 15.0 Å². The van der Waals surface area contributed by atoms with Crippen molar-refractivity contribution in [1.82, 2.24) is 5.32 Å². The summed E-state index contributed by atoms with van der Waals surface area (Å²) in [7, 11) is 0.210. The Hall–Kier alpha value is -1.60. The van der Waals surface area contributed by atoms with Crippen LogP contribution in [0.5, 0.6) is 5.75 Å². The lowest BCUT2D eigenvalue weighted by Crippen LogP contribution is -2.47. The van der Waals surface area contributed by atoms with Crippen LogP contribution in [-0.2, 0) is 14.6 Å². The molecule has 0 aliphatic carbocycles. The second kappa shape index (κ2) is 6.44. The SMILES string of the molecule is COc1cccc(N(C)C(=O)CC2CS(=O)(=O)CCN2)c1. The summed E-state index contributed by atoms with van der Waals surface area (Å²) in [5, 5.41) is 3.08. The molecule has 1 saturated heterocycles. The molecule has 0 bridgehead atoms. The molecule has 0 aromatic heterocycles. The molecule has 2 rings (SSSR count). The molecule has 1 aromatic carbocycles. The van der Waals surface area contributed by atoms with Gasteiger partial charge in [0.15, 0.2) is 9.84 Å². The van der Waals surface area contributed by atoms with Crippen molar-refractivity contribution < 1.29 is 17.9 Å². The van der Waals surface area contributed by atoms with Gasteiger partial charge in [-0.25, -0.2) is 8.42 Å². The first-order valence-electron chi connectivity index (χ1n) is 6.76. The van der Waals surface area contributed by atoms with E-state index in [1.54, 1.807) is 32.4 Å². The van der Waals surface area contributed by atoms with Gasteiger partial charge in [-0.1, -0.05) is 6.07 Å². The molecule has 1 N–H and O–H groups in total. The van der Waals surface area contributed by atoms with Crippen molar-refractivity contribution in [2.45, 2.75) is 12.5 Å². The fraction of sp³-hybridized carbons (Fsp3) is 0.500. The molecule has 7 heteroatoms. The minimum Gasteiger partial charge on any atom is -0.497 e. The van der Waals surface area contributed by atoms with Gasteiger partial charge in [0.1, 0.15) is 5.75 Å². The zero-order chi connectivity index (χ0) is 15.5. The van der Waals surface area contributed by atoms with Gasteiger partial charge in [-0.3, -0.25) is 4.79 Å². The van der Waals surface area contributed by atoms with Crippen LogP contribution in [0.15, 0.2) is 24.3 Å². The molecule has 116 valence electrons. The molecule has 1 aliphatic rings. The van der Waals surface area contributed by atoms with Gasteiger partial charge in [-0.2, -0.15) is 0 Å². The number of nitrogens with one attached hydrogen (secondary N) is 1. The zero-order valence-corrected chi connectivity index (χ0v) is 13.0. The Morgan fingerprint density at radius 1 is 1.48 bits per heavy atom. The first-order valence-corrected chi connectivity index (χ1v) is 8.58. The molecule has 1 heterocycles. The molecule has 1 aliphatic heterocycles. The van der Waals surface area contributed by atoms with Crippen LogP contribution >= 0.6 is 0 Å². The Kier molecular flexibility index (Phi) is 4.84. The lowest BCUT2D eigenvalue weighted by Gasteiger charge is -2.25. The van der Waals surface area contributed by atoms with Gasteiger partial charge in [0.25, 0.3) is 0 Å². The number of carbonyl (C=O) groups excluding carboxylic acids is 1. The molecule has 0 radical (unpaired) electrons. The summed E-state index contributed by atoms with van der Waals surface area (Å²) in [5.74, 6) is 0.706. The van der Waals surface area contributed by atoms with E-state index >= 15 is 0 Å². The van der Waals surface area contributed by atoms with Crippen LogP contribution in [-0.4, -0.2) is 52.6 Å². The summed E-state index contributed by atoms with van der Waals surface area (Å²) in [6, 6.07) is 6.87. The molecule has 0 spiro atoms. The maximum Gasteiger partial charge on any atom is 0.228 e. The number of nitrogens with zero attached hydrogens (tertiary/aromatic N) is 1. The van der Waals surface area contributed by atoms with Gasteiger partial charge in [0, 0.05) is 37.8 Å². The monoisotopic (exact) mass is 312 g/mol. The molecule has 1 unspecified atom stereocenters. The van der Waals surface area contributed by atoms with Crippen LogP contribution < -0.4 is 15.0 Å². The van der Waals surface area contributed by atoms with Crippen molar-refractivity contribution in [3.63, 3.8) is 0 Å². The number of anilines is 1. The van der Waals surface area contributed by atoms with E-state index in [1.807, 2.05) is 6.07 Å². The van der Waals surface area contributed by atoms with E-state index < -0.39 is 9.84 Å².